The van der Waals surface area contributed by atoms with Gasteiger partial charge in [0.2, 0.25) is 0 Å². The molecule has 102 valence electrons. The van der Waals surface area contributed by atoms with Gasteiger partial charge in [-0.3, -0.25) is 4.68 Å². The summed E-state index contributed by atoms with van der Waals surface area (Å²) in [5, 5.41) is 15.0. The van der Waals surface area contributed by atoms with Crippen molar-refractivity contribution >= 4 is 15.9 Å². The second kappa shape index (κ2) is 5.88. The summed E-state index contributed by atoms with van der Waals surface area (Å²) in [4.78, 5) is 0. The average Bonchev–Trinajstić information content (AvgIpc) is 2.80. The van der Waals surface area contributed by atoms with Gasteiger partial charge in [-0.25, -0.2) is 0 Å². The molecule has 2 rings (SSSR count). The third-order valence-corrected chi connectivity index (χ3v) is 3.88. The predicted molar refractivity (Wildman–Crippen MR) is 80.2 cm³/mol. The minimum atomic E-state index is -0.657. The van der Waals surface area contributed by atoms with E-state index in [0.29, 0.717) is 0 Å². The molecule has 2 aromatic rings. The van der Waals surface area contributed by atoms with Crippen LogP contribution in [0.2, 0.25) is 0 Å². The Hall–Kier alpha value is -1.13. The fourth-order valence-corrected chi connectivity index (χ4v) is 2.78. The van der Waals surface area contributed by atoms with Crippen LogP contribution in [0.1, 0.15) is 49.7 Å². The molecule has 0 aliphatic carbocycles. The molecule has 0 fully saturated rings. The minimum absolute atomic E-state index is 0.213. The van der Waals surface area contributed by atoms with Gasteiger partial charge >= 0.3 is 0 Å². The Bertz CT molecular complexity index is 563. The monoisotopic (exact) mass is 322 g/mol. The molecular weight excluding hydrogens is 304 g/mol. The van der Waals surface area contributed by atoms with Crippen LogP contribution in [0.25, 0.3) is 0 Å². The maximum Gasteiger partial charge on any atom is 0.122 e. The Morgan fingerprint density at radius 1 is 1.32 bits per heavy atom. The highest BCUT2D eigenvalue weighted by Crippen LogP contribution is 2.32. The fourth-order valence-electron chi connectivity index (χ4n) is 2.29. The van der Waals surface area contributed by atoms with Crippen molar-refractivity contribution in [3.63, 3.8) is 0 Å². The van der Waals surface area contributed by atoms with Crippen LogP contribution in [0.5, 0.6) is 0 Å². The highest BCUT2D eigenvalue weighted by molar-refractivity contribution is 9.10. The van der Waals surface area contributed by atoms with Crippen molar-refractivity contribution in [2.24, 2.45) is 0 Å². The molecule has 0 amide bonds. The van der Waals surface area contributed by atoms with Crippen LogP contribution in [0.15, 0.2) is 34.9 Å². The lowest BCUT2D eigenvalue weighted by Crippen LogP contribution is -2.13. The van der Waals surface area contributed by atoms with E-state index in [0.717, 1.165) is 22.2 Å². The summed E-state index contributed by atoms with van der Waals surface area (Å²) in [6.07, 6.45) is 1.99. The van der Waals surface area contributed by atoms with Gasteiger partial charge in [0.15, 0.2) is 0 Å². The molecule has 0 aliphatic heterocycles. The molecule has 0 saturated heterocycles. The molecule has 1 unspecified atom stereocenters. The van der Waals surface area contributed by atoms with E-state index < -0.39 is 6.10 Å². The zero-order valence-electron chi connectivity index (χ0n) is 11.5. The zero-order valence-corrected chi connectivity index (χ0v) is 13.1. The van der Waals surface area contributed by atoms with Crippen LogP contribution in [0, 0.1) is 0 Å². The number of halogens is 1. The van der Waals surface area contributed by atoms with E-state index in [1.54, 1.807) is 6.20 Å². The lowest BCUT2D eigenvalue weighted by Gasteiger charge is -2.19. The summed E-state index contributed by atoms with van der Waals surface area (Å²) < 4.78 is 2.71. The molecule has 1 atom stereocenters. The number of nitrogens with zero attached hydrogens (tertiary/aromatic N) is 2. The summed E-state index contributed by atoms with van der Waals surface area (Å²) in [7, 11) is 0. The molecule has 3 nitrogen and oxygen atoms in total. The second-order valence-electron chi connectivity index (χ2n) is 4.87. The van der Waals surface area contributed by atoms with Gasteiger partial charge in [-0.05, 0) is 47.3 Å². The van der Waals surface area contributed by atoms with Crippen molar-refractivity contribution in [2.45, 2.75) is 39.3 Å². The van der Waals surface area contributed by atoms with Gasteiger partial charge in [-0.2, -0.15) is 5.10 Å². The highest BCUT2D eigenvalue weighted by Gasteiger charge is 2.22. The van der Waals surface area contributed by atoms with Crippen LogP contribution in [-0.4, -0.2) is 14.9 Å². The van der Waals surface area contributed by atoms with Crippen LogP contribution >= 0.6 is 15.9 Å². The number of aliphatic hydroxyl groups excluding tert-OH is 1. The smallest absolute Gasteiger partial charge is 0.122 e. The standard InChI is InChI=1S/C15H19BrN2O/c1-4-11-7-5-6-8-12(11)15(19)14-13(16)9-17-18(14)10(2)3/h5-10,15,19H,4H2,1-3H3. The second-order valence-corrected chi connectivity index (χ2v) is 5.73. The van der Waals surface area contributed by atoms with Gasteiger partial charge in [0.05, 0.1) is 16.4 Å². The molecule has 1 heterocycles. The van der Waals surface area contributed by atoms with Crippen LogP contribution in [-0.2, 0) is 6.42 Å². The van der Waals surface area contributed by atoms with Crippen LogP contribution in [0.4, 0.5) is 0 Å². The Balaban J connectivity index is 2.50. The van der Waals surface area contributed by atoms with Crippen molar-refractivity contribution in [1.82, 2.24) is 9.78 Å². The number of hydrogen-bond acceptors (Lipinski definition) is 2. The topological polar surface area (TPSA) is 38.1 Å². The first-order valence-electron chi connectivity index (χ1n) is 6.55. The lowest BCUT2D eigenvalue weighted by molar-refractivity contribution is 0.203. The van der Waals surface area contributed by atoms with E-state index in [-0.39, 0.29) is 6.04 Å². The summed E-state index contributed by atoms with van der Waals surface area (Å²) in [5.41, 5.74) is 2.93. The summed E-state index contributed by atoms with van der Waals surface area (Å²) in [6, 6.07) is 8.21. The number of aryl methyl sites for hydroxylation is 1. The first-order chi connectivity index (χ1) is 9.06. The van der Waals surface area contributed by atoms with E-state index in [1.807, 2.05) is 22.9 Å². The van der Waals surface area contributed by atoms with Gasteiger partial charge in [-0.15, -0.1) is 0 Å². The maximum atomic E-state index is 10.7. The minimum Gasteiger partial charge on any atom is -0.382 e. The largest absolute Gasteiger partial charge is 0.382 e. The van der Waals surface area contributed by atoms with Crippen LogP contribution < -0.4 is 0 Å². The molecule has 4 heteroatoms. The molecular formula is C15H19BrN2O. The van der Waals surface area contributed by atoms with E-state index in [4.69, 9.17) is 0 Å². The van der Waals surface area contributed by atoms with E-state index in [1.165, 1.54) is 5.56 Å². The lowest BCUT2D eigenvalue weighted by atomic mass is 9.98. The van der Waals surface area contributed by atoms with Crippen molar-refractivity contribution in [1.29, 1.82) is 0 Å². The average molecular weight is 323 g/mol. The summed E-state index contributed by atoms with van der Waals surface area (Å²) >= 11 is 3.49. The Kier molecular flexibility index (Phi) is 4.42. The van der Waals surface area contributed by atoms with E-state index in [2.05, 4.69) is 47.9 Å². The quantitative estimate of drug-likeness (QED) is 0.927. The van der Waals surface area contributed by atoms with Crippen LogP contribution in [0.3, 0.4) is 0 Å². The molecule has 1 aromatic heterocycles. The molecule has 1 N–H and O–H groups in total. The highest BCUT2D eigenvalue weighted by atomic mass is 79.9. The summed E-state index contributed by atoms with van der Waals surface area (Å²) in [5.74, 6) is 0. The number of rotatable bonds is 4. The zero-order chi connectivity index (χ0) is 14.0. The van der Waals surface area contributed by atoms with Crippen molar-refractivity contribution < 1.29 is 5.11 Å². The van der Waals surface area contributed by atoms with Crippen molar-refractivity contribution in [3.8, 4) is 0 Å². The van der Waals surface area contributed by atoms with Crippen molar-refractivity contribution in [3.05, 3.63) is 51.8 Å². The van der Waals surface area contributed by atoms with Gasteiger partial charge in [0.1, 0.15) is 6.10 Å². The third-order valence-electron chi connectivity index (χ3n) is 3.27. The maximum absolute atomic E-state index is 10.7. The number of benzene rings is 1. The number of hydrogen-bond donors (Lipinski definition) is 1. The summed E-state index contributed by atoms with van der Waals surface area (Å²) in [6.45, 7) is 6.21. The molecule has 0 aliphatic rings. The van der Waals surface area contributed by atoms with Gasteiger partial charge in [0, 0.05) is 6.04 Å². The third kappa shape index (κ3) is 2.74. The molecule has 0 spiro atoms. The first-order valence-corrected chi connectivity index (χ1v) is 7.34. The molecule has 1 aromatic carbocycles. The molecule has 0 bridgehead atoms. The Morgan fingerprint density at radius 2 is 2.00 bits per heavy atom. The van der Waals surface area contributed by atoms with Gasteiger partial charge in [-0.1, -0.05) is 31.2 Å². The van der Waals surface area contributed by atoms with Crippen molar-refractivity contribution in [2.75, 3.05) is 0 Å². The SMILES string of the molecule is CCc1ccccc1C(O)c1c(Br)cnn1C(C)C. The fraction of sp³-hybridized carbons (Fsp3) is 0.400. The van der Waals surface area contributed by atoms with Gasteiger partial charge < -0.3 is 5.11 Å². The Morgan fingerprint density at radius 3 is 2.63 bits per heavy atom. The number of aliphatic hydroxyl groups is 1. The van der Waals surface area contributed by atoms with E-state index >= 15 is 0 Å². The molecule has 0 saturated carbocycles. The normalized spacial score (nSPS) is 12.9. The Labute approximate surface area is 122 Å². The number of aromatic nitrogens is 2. The molecule has 0 radical (unpaired) electrons. The first kappa shape index (κ1) is 14.3. The van der Waals surface area contributed by atoms with Gasteiger partial charge in [0.25, 0.3) is 0 Å². The molecule has 19 heavy (non-hydrogen) atoms. The van der Waals surface area contributed by atoms with E-state index in [9.17, 15) is 5.11 Å². The predicted octanol–water partition coefficient (Wildman–Crippen LogP) is 3.87.